The van der Waals surface area contributed by atoms with Crippen molar-refractivity contribution in [1.29, 1.82) is 0 Å². The number of nitrogens with one attached hydrogen (secondary N) is 1. The van der Waals surface area contributed by atoms with Gasteiger partial charge in [-0.3, -0.25) is 9.78 Å². The van der Waals surface area contributed by atoms with Crippen LogP contribution in [0.2, 0.25) is 0 Å². The molecule has 0 spiro atoms. The predicted octanol–water partition coefficient (Wildman–Crippen LogP) is 1.47. The van der Waals surface area contributed by atoms with Crippen LogP contribution in [0, 0.1) is 0 Å². The van der Waals surface area contributed by atoms with E-state index in [0.717, 1.165) is 23.4 Å². The average molecular weight is 257 g/mol. The largest absolute Gasteiger partial charge is 0.376 e. The first-order chi connectivity index (χ1) is 9.29. The van der Waals surface area contributed by atoms with Crippen LogP contribution in [0.4, 0.5) is 0 Å². The van der Waals surface area contributed by atoms with E-state index in [0.29, 0.717) is 31.0 Å². The van der Waals surface area contributed by atoms with E-state index >= 15 is 0 Å². The number of H-pyrrole nitrogens is 1. The van der Waals surface area contributed by atoms with Gasteiger partial charge in [0.2, 0.25) is 0 Å². The normalized spacial score (nSPS) is 14.2. The minimum Gasteiger partial charge on any atom is -0.376 e. The molecule has 3 rings (SSSR count). The maximum Gasteiger partial charge on any atom is 0.256 e. The Kier molecular flexibility index (Phi) is 3.13. The molecule has 0 bridgehead atoms. The summed E-state index contributed by atoms with van der Waals surface area (Å²) in [4.78, 5) is 23.8. The van der Waals surface area contributed by atoms with Crippen molar-refractivity contribution in [3.63, 3.8) is 0 Å². The van der Waals surface area contributed by atoms with Gasteiger partial charge in [0.05, 0.1) is 24.5 Å². The van der Waals surface area contributed by atoms with Crippen molar-refractivity contribution < 1.29 is 4.74 Å². The first kappa shape index (κ1) is 12.0. The molecule has 0 aromatic carbocycles. The third kappa shape index (κ3) is 2.17. The standard InChI is InChI=1S/C14H15N3O2/c1-2-9-4-3-6-15-12(9)13-16-11-5-7-19-8-10(11)14(18)17-13/h3-4,6H,2,5,7-8H2,1H3,(H,16,17,18). The number of hydrogen-bond acceptors (Lipinski definition) is 4. The number of aromatic nitrogens is 3. The lowest BCUT2D eigenvalue weighted by atomic mass is 10.1. The molecule has 5 heteroatoms. The van der Waals surface area contributed by atoms with E-state index < -0.39 is 0 Å². The molecule has 5 nitrogen and oxygen atoms in total. The van der Waals surface area contributed by atoms with Crippen molar-refractivity contribution in [2.45, 2.75) is 26.4 Å². The Morgan fingerprint density at radius 3 is 3.21 bits per heavy atom. The summed E-state index contributed by atoms with van der Waals surface area (Å²) in [5, 5.41) is 0. The molecular weight excluding hydrogens is 242 g/mol. The lowest BCUT2D eigenvalue weighted by Gasteiger charge is -2.15. The highest BCUT2D eigenvalue weighted by atomic mass is 16.5. The molecular formula is C14H15N3O2. The summed E-state index contributed by atoms with van der Waals surface area (Å²) < 4.78 is 5.29. The van der Waals surface area contributed by atoms with Gasteiger partial charge >= 0.3 is 0 Å². The first-order valence-electron chi connectivity index (χ1n) is 6.43. The minimum atomic E-state index is -0.118. The number of nitrogens with zero attached hydrogens (tertiary/aromatic N) is 2. The van der Waals surface area contributed by atoms with Gasteiger partial charge in [-0.1, -0.05) is 13.0 Å². The van der Waals surface area contributed by atoms with Crippen LogP contribution in [0.25, 0.3) is 11.5 Å². The summed E-state index contributed by atoms with van der Waals surface area (Å²) in [5.41, 5.74) is 3.20. The third-order valence-corrected chi connectivity index (χ3v) is 3.33. The number of hydrogen-bond donors (Lipinski definition) is 1. The van der Waals surface area contributed by atoms with E-state index in [1.54, 1.807) is 6.20 Å². The summed E-state index contributed by atoms with van der Waals surface area (Å²) in [7, 11) is 0. The van der Waals surface area contributed by atoms with Crippen LogP contribution >= 0.6 is 0 Å². The number of pyridine rings is 1. The Morgan fingerprint density at radius 1 is 1.47 bits per heavy atom. The van der Waals surface area contributed by atoms with Gasteiger partial charge in [0.1, 0.15) is 5.69 Å². The summed E-state index contributed by atoms with van der Waals surface area (Å²) in [5.74, 6) is 0.558. The van der Waals surface area contributed by atoms with Gasteiger partial charge in [-0.25, -0.2) is 4.98 Å². The molecule has 0 unspecified atom stereocenters. The minimum absolute atomic E-state index is 0.118. The molecule has 0 radical (unpaired) electrons. The molecule has 1 N–H and O–H groups in total. The first-order valence-corrected chi connectivity index (χ1v) is 6.43. The van der Waals surface area contributed by atoms with Crippen molar-refractivity contribution in [3.05, 3.63) is 45.5 Å². The highest BCUT2D eigenvalue weighted by Crippen LogP contribution is 2.19. The molecule has 0 atom stereocenters. The molecule has 0 aliphatic carbocycles. The fourth-order valence-electron chi connectivity index (χ4n) is 2.29. The summed E-state index contributed by atoms with van der Waals surface area (Å²) in [6.07, 6.45) is 3.25. The lowest BCUT2D eigenvalue weighted by Crippen LogP contribution is -2.24. The van der Waals surface area contributed by atoms with Crippen LogP contribution in [0.1, 0.15) is 23.7 Å². The van der Waals surface area contributed by atoms with Gasteiger partial charge in [-0.2, -0.15) is 0 Å². The second-order valence-electron chi connectivity index (χ2n) is 4.51. The molecule has 2 aromatic rings. The average Bonchev–Trinajstić information content (AvgIpc) is 2.47. The maximum atomic E-state index is 12.1. The van der Waals surface area contributed by atoms with Gasteiger partial charge in [0.15, 0.2) is 5.82 Å². The van der Waals surface area contributed by atoms with Crippen molar-refractivity contribution >= 4 is 0 Å². The number of aryl methyl sites for hydroxylation is 1. The van der Waals surface area contributed by atoms with Crippen molar-refractivity contribution in [2.24, 2.45) is 0 Å². The Morgan fingerprint density at radius 2 is 2.37 bits per heavy atom. The molecule has 0 saturated heterocycles. The molecule has 0 fully saturated rings. The zero-order valence-electron chi connectivity index (χ0n) is 10.8. The zero-order valence-corrected chi connectivity index (χ0v) is 10.8. The predicted molar refractivity (Wildman–Crippen MR) is 70.8 cm³/mol. The summed E-state index contributed by atoms with van der Waals surface area (Å²) in [6.45, 7) is 3.03. The smallest absolute Gasteiger partial charge is 0.256 e. The van der Waals surface area contributed by atoms with Gasteiger partial charge in [-0.15, -0.1) is 0 Å². The molecule has 0 amide bonds. The number of aromatic amines is 1. The fourth-order valence-corrected chi connectivity index (χ4v) is 2.29. The Labute approximate surface area is 110 Å². The quantitative estimate of drug-likeness (QED) is 0.884. The molecule has 0 saturated carbocycles. The van der Waals surface area contributed by atoms with Crippen LogP contribution < -0.4 is 5.56 Å². The van der Waals surface area contributed by atoms with Crippen LogP contribution in [-0.4, -0.2) is 21.6 Å². The SMILES string of the molecule is CCc1cccnc1-c1nc2c(c(=O)[nH]1)COCC2. The van der Waals surface area contributed by atoms with Gasteiger partial charge in [-0.05, 0) is 18.1 Å². The fraction of sp³-hybridized carbons (Fsp3) is 0.357. The molecule has 19 heavy (non-hydrogen) atoms. The Hall–Kier alpha value is -2.01. The Balaban J connectivity index is 2.16. The molecule has 1 aliphatic rings. The van der Waals surface area contributed by atoms with Gasteiger partial charge < -0.3 is 9.72 Å². The lowest BCUT2D eigenvalue weighted by molar-refractivity contribution is 0.108. The van der Waals surface area contributed by atoms with E-state index in [1.165, 1.54) is 0 Å². The molecule has 3 heterocycles. The van der Waals surface area contributed by atoms with E-state index in [1.807, 2.05) is 12.1 Å². The van der Waals surface area contributed by atoms with Crippen LogP contribution in [-0.2, 0) is 24.2 Å². The number of ether oxygens (including phenoxy) is 1. The molecule has 2 aromatic heterocycles. The summed E-state index contributed by atoms with van der Waals surface area (Å²) >= 11 is 0. The molecule has 1 aliphatic heterocycles. The van der Waals surface area contributed by atoms with E-state index in [4.69, 9.17) is 4.74 Å². The zero-order chi connectivity index (χ0) is 13.2. The topological polar surface area (TPSA) is 67.9 Å². The molecule has 98 valence electrons. The van der Waals surface area contributed by atoms with Crippen molar-refractivity contribution in [3.8, 4) is 11.5 Å². The van der Waals surface area contributed by atoms with Crippen molar-refractivity contribution in [1.82, 2.24) is 15.0 Å². The van der Waals surface area contributed by atoms with Crippen LogP contribution in [0.5, 0.6) is 0 Å². The van der Waals surface area contributed by atoms with E-state index in [2.05, 4.69) is 21.9 Å². The van der Waals surface area contributed by atoms with E-state index in [-0.39, 0.29) is 5.56 Å². The number of rotatable bonds is 2. The van der Waals surface area contributed by atoms with Crippen LogP contribution in [0.15, 0.2) is 23.1 Å². The maximum absolute atomic E-state index is 12.1. The number of fused-ring (bicyclic) bond motifs is 1. The van der Waals surface area contributed by atoms with Crippen LogP contribution in [0.3, 0.4) is 0 Å². The van der Waals surface area contributed by atoms with Gasteiger partial charge in [0, 0.05) is 12.6 Å². The van der Waals surface area contributed by atoms with E-state index in [9.17, 15) is 4.79 Å². The highest BCUT2D eigenvalue weighted by Gasteiger charge is 2.17. The second kappa shape index (κ2) is 4.93. The van der Waals surface area contributed by atoms with Gasteiger partial charge in [0.25, 0.3) is 5.56 Å². The monoisotopic (exact) mass is 257 g/mol. The highest BCUT2D eigenvalue weighted by molar-refractivity contribution is 5.54. The Bertz CT molecular complexity index is 664. The third-order valence-electron chi connectivity index (χ3n) is 3.33. The van der Waals surface area contributed by atoms with Crippen molar-refractivity contribution in [2.75, 3.05) is 6.61 Å². The summed E-state index contributed by atoms with van der Waals surface area (Å²) in [6, 6.07) is 3.90. The second-order valence-corrected chi connectivity index (χ2v) is 4.51.